The van der Waals surface area contributed by atoms with E-state index < -0.39 is 40.0 Å². The summed E-state index contributed by atoms with van der Waals surface area (Å²) in [5.41, 5.74) is 0.484. The van der Waals surface area contributed by atoms with Crippen LogP contribution in [0.4, 0.5) is 17.1 Å². The van der Waals surface area contributed by atoms with Crippen LogP contribution < -0.4 is 19.1 Å². The van der Waals surface area contributed by atoms with Crippen LogP contribution in [0.2, 0.25) is 0 Å². The van der Waals surface area contributed by atoms with Gasteiger partial charge in [0.25, 0.3) is 21.6 Å². The summed E-state index contributed by atoms with van der Waals surface area (Å²) >= 11 is 3.13. The maximum Gasteiger partial charge on any atom is 0.344 e. The van der Waals surface area contributed by atoms with Gasteiger partial charge in [-0.3, -0.25) is 19.2 Å². The number of nitrogens with one attached hydrogen (secondary N) is 1. The average Bonchev–Trinajstić information content (AvgIpc) is 2.92. The number of rotatable bonds is 12. The number of amides is 1. The molecule has 39 heavy (non-hydrogen) atoms. The molecular weight excluding hydrogens is 598 g/mol. The predicted octanol–water partition coefficient (Wildman–Crippen LogP) is 4.14. The quantitative estimate of drug-likeness (QED) is 0.178. The summed E-state index contributed by atoms with van der Waals surface area (Å²) in [5, 5.41) is 13.3. The molecule has 0 heterocycles. The summed E-state index contributed by atoms with van der Waals surface area (Å²) in [4.78, 5) is 34.3. The molecule has 0 aliphatic carbocycles. The number of nitrogens with zero attached hydrogens (tertiary/aromatic N) is 2. The summed E-state index contributed by atoms with van der Waals surface area (Å²) in [7, 11) is -2.40. The van der Waals surface area contributed by atoms with Crippen LogP contribution in [0.5, 0.6) is 11.5 Å². The fraction of sp³-hybridized carbons (Fsp3) is 0.200. The van der Waals surface area contributed by atoms with Gasteiger partial charge in [-0.2, -0.15) is 0 Å². The van der Waals surface area contributed by atoms with Crippen LogP contribution in [0.1, 0.15) is 6.92 Å². The molecule has 0 atom stereocenters. The van der Waals surface area contributed by atoms with Crippen LogP contribution in [-0.2, 0) is 24.3 Å². The van der Waals surface area contributed by atoms with Crippen molar-refractivity contribution in [1.82, 2.24) is 0 Å². The van der Waals surface area contributed by atoms with Crippen LogP contribution in [-0.4, -0.2) is 52.1 Å². The Balaban J connectivity index is 1.49. The number of carbonyl (C=O) groups excluding carboxylic acids is 2. The van der Waals surface area contributed by atoms with Crippen molar-refractivity contribution in [2.45, 2.75) is 11.8 Å². The number of sulfonamides is 1. The van der Waals surface area contributed by atoms with Gasteiger partial charge in [-0.05, 0) is 77.5 Å². The zero-order valence-electron chi connectivity index (χ0n) is 20.8. The van der Waals surface area contributed by atoms with E-state index in [0.717, 1.165) is 4.31 Å². The van der Waals surface area contributed by atoms with Gasteiger partial charge < -0.3 is 19.5 Å². The predicted molar refractivity (Wildman–Crippen MR) is 146 cm³/mol. The number of halogens is 1. The number of benzene rings is 3. The van der Waals surface area contributed by atoms with E-state index in [9.17, 15) is 28.1 Å². The highest BCUT2D eigenvalue weighted by Gasteiger charge is 2.21. The molecule has 0 saturated carbocycles. The first-order chi connectivity index (χ1) is 18.5. The van der Waals surface area contributed by atoms with E-state index >= 15 is 0 Å². The van der Waals surface area contributed by atoms with E-state index in [1.807, 2.05) is 6.92 Å². The van der Waals surface area contributed by atoms with E-state index in [2.05, 4.69) is 21.2 Å². The van der Waals surface area contributed by atoms with E-state index in [-0.39, 0.29) is 22.0 Å². The average molecular weight is 622 g/mol. The maximum atomic E-state index is 12.9. The zero-order valence-corrected chi connectivity index (χ0v) is 23.2. The summed E-state index contributed by atoms with van der Waals surface area (Å²) in [5.74, 6) is -0.620. The molecule has 0 fully saturated rings. The Hall–Kier alpha value is -4.17. The molecule has 14 heteroatoms. The Morgan fingerprint density at radius 3 is 2.18 bits per heavy atom. The molecule has 0 radical (unpaired) electrons. The van der Waals surface area contributed by atoms with Crippen molar-refractivity contribution in [1.29, 1.82) is 0 Å². The first-order valence-corrected chi connectivity index (χ1v) is 13.6. The largest absolute Gasteiger partial charge is 0.494 e. The topological polar surface area (TPSA) is 154 Å². The minimum atomic E-state index is -3.82. The number of carbonyl (C=O) groups is 2. The lowest BCUT2D eigenvalue weighted by Gasteiger charge is -2.20. The fourth-order valence-corrected chi connectivity index (χ4v) is 4.82. The molecule has 206 valence electrons. The second-order valence-electron chi connectivity index (χ2n) is 7.79. The molecule has 0 bridgehead atoms. The van der Waals surface area contributed by atoms with Crippen molar-refractivity contribution in [2.24, 2.45) is 0 Å². The second kappa shape index (κ2) is 13.1. The van der Waals surface area contributed by atoms with Crippen LogP contribution in [0.15, 0.2) is 76.1 Å². The van der Waals surface area contributed by atoms with Crippen molar-refractivity contribution in [3.63, 3.8) is 0 Å². The number of hydrogen-bond donors (Lipinski definition) is 1. The molecule has 0 unspecified atom stereocenters. The Morgan fingerprint density at radius 2 is 1.59 bits per heavy atom. The number of nitro groups is 1. The highest BCUT2D eigenvalue weighted by atomic mass is 79.9. The van der Waals surface area contributed by atoms with E-state index in [0.29, 0.717) is 22.5 Å². The lowest BCUT2D eigenvalue weighted by atomic mass is 10.3. The molecule has 3 aromatic rings. The molecule has 0 spiro atoms. The zero-order chi connectivity index (χ0) is 28.6. The molecule has 0 aliphatic heterocycles. The second-order valence-corrected chi connectivity index (χ2v) is 10.6. The van der Waals surface area contributed by atoms with Gasteiger partial charge in [-0.15, -0.1) is 0 Å². The van der Waals surface area contributed by atoms with Crippen LogP contribution in [0.3, 0.4) is 0 Å². The normalized spacial score (nSPS) is 10.8. The fourth-order valence-electron chi connectivity index (χ4n) is 3.16. The van der Waals surface area contributed by atoms with E-state index in [4.69, 9.17) is 14.2 Å². The first-order valence-electron chi connectivity index (χ1n) is 11.4. The Labute approximate surface area is 232 Å². The monoisotopic (exact) mass is 621 g/mol. The van der Waals surface area contributed by atoms with Gasteiger partial charge in [0.15, 0.2) is 13.2 Å². The Kier molecular flexibility index (Phi) is 9.84. The van der Waals surface area contributed by atoms with Crippen LogP contribution >= 0.6 is 15.9 Å². The molecule has 3 aromatic carbocycles. The summed E-state index contributed by atoms with van der Waals surface area (Å²) in [6.07, 6.45) is 0. The standard InChI is InChI=1S/C25H24BrN3O9S/c1-3-36-19-9-11-21(12-10-19)39(34,35)28(2)17-4-7-20(8-5-17)37-16-25(31)38-15-24(30)27-23-13-6-18(29(32)33)14-22(23)26/h4-14H,3,15-16H2,1-2H3,(H,27,30). The van der Waals surface area contributed by atoms with Gasteiger partial charge in [-0.25, -0.2) is 13.2 Å². The van der Waals surface area contributed by atoms with E-state index in [1.165, 1.54) is 61.6 Å². The summed E-state index contributed by atoms with van der Waals surface area (Å²) in [6.45, 7) is 1.21. The third kappa shape index (κ3) is 7.91. The van der Waals surface area contributed by atoms with Crippen LogP contribution in [0.25, 0.3) is 0 Å². The SMILES string of the molecule is CCOc1ccc(S(=O)(=O)N(C)c2ccc(OCC(=O)OCC(=O)Nc3ccc([N+](=O)[O-])cc3Br)cc2)cc1. The number of nitro benzene ring substituents is 1. The summed E-state index contributed by atoms with van der Waals surface area (Å²) < 4.78 is 42.9. The molecule has 0 aromatic heterocycles. The highest BCUT2D eigenvalue weighted by Crippen LogP contribution is 2.27. The van der Waals surface area contributed by atoms with Crippen LogP contribution in [0, 0.1) is 10.1 Å². The molecular formula is C25H24BrN3O9S. The Morgan fingerprint density at radius 1 is 0.974 bits per heavy atom. The molecule has 1 N–H and O–H groups in total. The van der Waals surface area contributed by atoms with Gasteiger partial charge in [0.1, 0.15) is 11.5 Å². The first kappa shape index (κ1) is 29.4. The van der Waals surface area contributed by atoms with E-state index in [1.54, 1.807) is 12.1 Å². The molecule has 3 rings (SSSR count). The third-order valence-electron chi connectivity index (χ3n) is 5.15. The van der Waals surface area contributed by atoms with Crippen molar-refractivity contribution < 1.29 is 37.1 Å². The smallest absolute Gasteiger partial charge is 0.344 e. The number of esters is 1. The molecule has 12 nitrogen and oxygen atoms in total. The minimum absolute atomic E-state index is 0.0986. The van der Waals surface area contributed by atoms with Gasteiger partial charge in [0.2, 0.25) is 0 Å². The van der Waals surface area contributed by atoms with Crippen molar-refractivity contribution in [3.8, 4) is 11.5 Å². The number of anilines is 2. The Bertz CT molecular complexity index is 1450. The third-order valence-corrected chi connectivity index (χ3v) is 7.61. The molecule has 1 amide bonds. The molecule has 0 aliphatic rings. The minimum Gasteiger partial charge on any atom is -0.494 e. The van der Waals surface area contributed by atoms with Gasteiger partial charge in [0, 0.05) is 23.7 Å². The number of ether oxygens (including phenoxy) is 3. The summed E-state index contributed by atoms with van der Waals surface area (Å²) in [6, 6.07) is 15.9. The van der Waals surface area contributed by atoms with Gasteiger partial charge >= 0.3 is 5.97 Å². The molecule has 0 saturated heterocycles. The number of hydrogen-bond acceptors (Lipinski definition) is 9. The van der Waals surface area contributed by atoms with Crippen molar-refractivity contribution in [2.75, 3.05) is 36.5 Å². The van der Waals surface area contributed by atoms with Crippen molar-refractivity contribution in [3.05, 3.63) is 81.3 Å². The number of non-ortho nitro benzene ring substituents is 1. The lowest BCUT2D eigenvalue weighted by molar-refractivity contribution is -0.384. The van der Waals surface area contributed by atoms with Crippen molar-refractivity contribution >= 4 is 54.9 Å². The lowest BCUT2D eigenvalue weighted by Crippen LogP contribution is -2.26. The van der Waals surface area contributed by atoms with Gasteiger partial charge in [0.05, 0.1) is 27.8 Å². The maximum absolute atomic E-state index is 12.9. The van der Waals surface area contributed by atoms with Gasteiger partial charge in [-0.1, -0.05) is 0 Å². The highest BCUT2D eigenvalue weighted by molar-refractivity contribution is 9.10.